The van der Waals surface area contributed by atoms with Gasteiger partial charge in [-0.1, -0.05) is 42.8 Å². The maximum Gasteiger partial charge on any atom is 0.271 e. The van der Waals surface area contributed by atoms with E-state index >= 15 is 0 Å². The molecular weight excluding hydrogens is 380 g/mol. The number of nitrogens with one attached hydrogen (secondary N) is 2. The van der Waals surface area contributed by atoms with E-state index in [9.17, 15) is 20.2 Å². The number of anilines is 1. The van der Waals surface area contributed by atoms with Crippen molar-refractivity contribution in [2.75, 3.05) is 5.32 Å². The van der Waals surface area contributed by atoms with Gasteiger partial charge in [-0.05, 0) is 30.5 Å². The molecule has 2 rings (SSSR count). The molecule has 0 spiro atoms. The summed E-state index contributed by atoms with van der Waals surface area (Å²) in [5.74, 6) is -0.717. The highest BCUT2D eigenvalue weighted by Crippen LogP contribution is 2.27. The molecule has 1 amide bonds. The van der Waals surface area contributed by atoms with Gasteiger partial charge in [0.05, 0.1) is 15.6 Å². The van der Waals surface area contributed by atoms with Gasteiger partial charge < -0.3 is 10.6 Å². The van der Waals surface area contributed by atoms with Crippen LogP contribution in [-0.2, 0) is 11.2 Å². The van der Waals surface area contributed by atoms with Crippen LogP contribution in [0.25, 0.3) is 0 Å². The average molecular weight is 399 g/mol. The Morgan fingerprint density at radius 2 is 2.00 bits per heavy atom. The molecule has 0 radical (unpaired) electrons. The molecule has 7 nitrogen and oxygen atoms in total. The quantitative estimate of drug-likeness (QED) is 0.309. The van der Waals surface area contributed by atoms with E-state index in [1.807, 2.05) is 37.3 Å². The van der Waals surface area contributed by atoms with Crippen LogP contribution < -0.4 is 10.6 Å². The van der Waals surface area contributed by atoms with Crippen LogP contribution >= 0.6 is 11.6 Å². The SMILES string of the molecule is CCc1ccc(C(C)N/C=C(/C#N)C(=O)Nc2cc([N+](=O)[O-])ccc2Cl)cc1. The van der Waals surface area contributed by atoms with E-state index < -0.39 is 10.8 Å². The monoisotopic (exact) mass is 398 g/mol. The van der Waals surface area contributed by atoms with E-state index in [1.165, 1.54) is 23.9 Å². The highest BCUT2D eigenvalue weighted by Gasteiger charge is 2.15. The van der Waals surface area contributed by atoms with Crippen LogP contribution in [0.3, 0.4) is 0 Å². The van der Waals surface area contributed by atoms with E-state index in [2.05, 4.69) is 17.6 Å². The number of aryl methyl sites for hydroxylation is 1. The number of benzene rings is 2. The molecule has 0 aliphatic carbocycles. The summed E-state index contributed by atoms with van der Waals surface area (Å²) in [4.78, 5) is 22.6. The number of amides is 1. The van der Waals surface area contributed by atoms with Gasteiger partial charge in [-0.3, -0.25) is 14.9 Å². The molecule has 8 heteroatoms. The van der Waals surface area contributed by atoms with Crippen LogP contribution in [0, 0.1) is 21.4 Å². The lowest BCUT2D eigenvalue weighted by molar-refractivity contribution is -0.384. The van der Waals surface area contributed by atoms with Gasteiger partial charge in [-0.15, -0.1) is 0 Å². The summed E-state index contributed by atoms with van der Waals surface area (Å²) in [5, 5.41) is 25.7. The van der Waals surface area contributed by atoms with Crippen molar-refractivity contribution in [1.82, 2.24) is 5.32 Å². The predicted octanol–water partition coefficient (Wildman–Crippen LogP) is 4.51. The molecule has 0 bridgehead atoms. The maximum atomic E-state index is 12.3. The molecule has 0 saturated carbocycles. The largest absolute Gasteiger partial charge is 0.383 e. The Hall–Kier alpha value is -3.37. The van der Waals surface area contributed by atoms with E-state index in [1.54, 1.807) is 0 Å². The fourth-order valence-electron chi connectivity index (χ4n) is 2.41. The summed E-state index contributed by atoms with van der Waals surface area (Å²) >= 11 is 5.97. The number of nitro groups is 1. The first kappa shape index (κ1) is 20.9. The minimum Gasteiger partial charge on any atom is -0.383 e. The zero-order valence-corrected chi connectivity index (χ0v) is 16.2. The van der Waals surface area contributed by atoms with Crippen LogP contribution in [-0.4, -0.2) is 10.8 Å². The highest BCUT2D eigenvalue weighted by molar-refractivity contribution is 6.34. The summed E-state index contributed by atoms with van der Waals surface area (Å²) in [6.45, 7) is 3.98. The first-order chi connectivity index (χ1) is 13.3. The third-order valence-corrected chi connectivity index (χ3v) is 4.47. The molecule has 0 fully saturated rings. The van der Waals surface area contributed by atoms with Crippen molar-refractivity contribution in [3.05, 3.63) is 80.5 Å². The molecule has 0 saturated heterocycles. The van der Waals surface area contributed by atoms with E-state index in [4.69, 9.17) is 11.6 Å². The summed E-state index contributed by atoms with van der Waals surface area (Å²) in [5.41, 5.74) is 1.89. The number of nitriles is 1. The molecule has 2 N–H and O–H groups in total. The molecule has 28 heavy (non-hydrogen) atoms. The Morgan fingerprint density at radius 1 is 1.32 bits per heavy atom. The van der Waals surface area contributed by atoms with Crippen LogP contribution in [0.4, 0.5) is 11.4 Å². The van der Waals surface area contributed by atoms with Crippen LogP contribution in [0.1, 0.15) is 31.0 Å². The van der Waals surface area contributed by atoms with Crippen molar-refractivity contribution in [3.8, 4) is 6.07 Å². The van der Waals surface area contributed by atoms with Gasteiger partial charge >= 0.3 is 0 Å². The predicted molar refractivity (Wildman–Crippen MR) is 108 cm³/mol. The Bertz CT molecular complexity index is 949. The molecular formula is C20H19ClN4O3. The van der Waals surface area contributed by atoms with Crippen molar-refractivity contribution in [3.63, 3.8) is 0 Å². The van der Waals surface area contributed by atoms with Crippen molar-refractivity contribution in [2.24, 2.45) is 0 Å². The summed E-state index contributed by atoms with van der Waals surface area (Å²) in [6.07, 6.45) is 2.26. The number of nitrogens with zero attached hydrogens (tertiary/aromatic N) is 2. The maximum absolute atomic E-state index is 12.3. The summed E-state index contributed by atoms with van der Waals surface area (Å²) in [7, 11) is 0. The van der Waals surface area contributed by atoms with Gasteiger partial charge in [0.15, 0.2) is 0 Å². The Morgan fingerprint density at radius 3 is 2.57 bits per heavy atom. The van der Waals surface area contributed by atoms with Crippen LogP contribution in [0.2, 0.25) is 5.02 Å². The first-order valence-electron chi connectivity index (χ1n) is 8.56. The van der Waals surface area contributed by atoms with Crippen molar-refractivity contribution >= 4 is 28.9 Å². The lowest BCUT2D eigenvalue weighted by Crippen LogP contribution is -2.18. The zero-order valence-electron chi connectivity index (χ0n) is 15.4. The second-order valence-corrected chi connectivity index (χ2v) is 6.44. The molecule has 0 aliphatic rings. The molecule has 1 unspecified atom stereocenters. The Balaban J connectivity index is 2.11. The third-order valence-electron chi connectivity index (χ3n) is 4.14. The van der Waals surface area contributed by atoms with Gasteiger partial charge in [0.25, 0.3) is 11.6 Å². The zero-order chi connectivity index (χ0) is 20.7. The average Bonchev–Trinajstić information content (AvgIpc) is 2.69. The smallest absolute Gasteiger partial charge is 0.271 e. The van der Waals surface area contributed by atoms with E-state index in [-0.39, 0.29) is 28.0 Å². The molecule has 0 aromatic heterocycles. The first-order valence-corrected chi connectivity index (χ1v) is 8.94. The minimum absolute atomic E-state index is 0.0604. The second-order valence-electron chi connectivity index (χ2n) is 6.03. The summed E-state index contributed by atoms with van der Waals surface area (Å²) < 4.78 is 0. The number of rotatable bonds is 7. The topological polar surface area (TPSA) is 108 Å². The van der Waals surface area contributed by atoms with E-state index in [0.717, 1.165) is 18.1 Å². The van der Waals surface area contributed by atoms with E-state index in [0.29, 0.717) is 0 Å². The Labute approximate surface area is 167 Å². The van der Waals surface area contributed by atoms with Crippen molar-refractivity contribution < 1.29 is 9.72 Å². The number of hydrogen-bond donors (Lipinski definition) is 2. The van der Waals surface area contributed by atoms with Crippen molar-refractivity contribution in [2.45, 2.75) is 26.3 Å². The molecule has 0 heterocycles. The van der Waals surface area contributed by atoms with Gasteiger partial charge in [-0.2, -0.15) is 5.26 Å². The molecule has 144 valence electrons. The normalized spacial score (nSPS) is 12.0. The fraction of sp³-hybridized carbons (Fsp3) is 0.200. The van der Waals surface area contributed by atoms with Crippen LogP contribution in [0.15, 0.2) is 54.2 Å². The Kier molecular flexibility index (Phi) is 7.13. The standard InChI is InChI=1S/C20H19ClN4O3/c1-3-14-4-6-15(7-5-14)13(2)23-12-16(11-22)20(26)24-19-10-17(25(27)28)8-9-18(19)21/h4-10,12-13,23H,3H2,1-2H3,(H,24,26)/b16-12-. The van der Waals surface area contributed by atoms with Gasteiger partial charge in [-0.25, -0.2) is 0 Å². The lowest BCUT2D eigenvalue weighted by atomic mass is 10.1. The summed E-state index contributed by atoms with van der Waals surface area (Å²) in [6, 6.07) is 13.4. The molecule has 2 aromatic carbocycles. The number of halogens is 1. The minimum atomic E-state index is -0.717. The number of hydrogen-bond acceptors (Lipinski definition) is 5. The van der Waals surface area contributed by atoms with Crippen molar-refractivity contribution in [1.29, 1.82) is 5.26 Å². The third kappa shape index (κ3) is 5.32. The fourth-order valence-corrected chi connectivity index (χ4v) is 2.57. The molecule has 0 aliphatic heterocycles. The molecule has 1 atom stereocenters. The second kappa shape index (κ2) is 9.53. The van der Waals surface area contributed by atoms with Gasteiger partial charge in [0.2, 0.25) is 0 Å². The van der Waals surface area contributed by atoms with Crippen LogP contribution in [0.5, 0.6) is 0 Å². The lowest BCUT2D eigenvalue weighted by Gasteiger charge is -2.13. The number of carbonyl (C=O) groups is 1. The number of non-ortho nitro benzene ring substituents is 1. The van der Waals surface area contributed by atoms with Gasteiger partial charge in [0.1, 0.15) is 11.6 Å². The molecule has 2 aromatic rings. The highest BCUT2D eigenvalue weighted by atomic mass is 35.5. The number of carbonyl (C=O) groups excluding carboxylic acids is 1. The number of nitro benzene ring substituents is 1. The van der Waals surface area contributed by atoms with Gasteiger partial charge in [0, 0.05) is 24.4 Å².